The van der Waals surface area contributed by atoms with Crippen molar-refractivity contribution < 1.29 is 14.3 Å². The molecule has 0 bridgehead atoms. The fraction of sp³-hybridized carbons (Fsp3) is 0.231. The van der Waals surface area contributed by atoms with Crippen molar-refractivity contribution in [3.63, 3.8) is 0 Å². The van der Waals surface area contributed by atoms with Crippen LogP contribution >= 0.6 is 0 Å². The van der Waals surface area contributed by atoms with E-state index in [1.807, 2.05) is 0 Å². The molecule has 0 saturated carbocycles. The summed E-state index contributed by atoms with van der Waals surface area (Å²) in [4.78, 5) is 12.1. The lowest BCUT2D eigenvalue weighted by Crippen LogP contribution is -2.14. The molecule has 0 aliphatic heterocycles. The van der Waals surface area contributed by atoms with Crippen molar-refractivity contribution >= 4 is 11.6 Å². The minimum absolute atomic E-state index is 0.276. The molecule has 0 fully saturated rings. The number of aromatic nitrogens is 2. The first-order chi connectivity index (χ1) is 9.15. The van der Waals surface area contributed by atoms with Gasteiger partial charge >= 0.3 is 0 Å². The lowest BCUT2D eigenvalue weighted by Gasteiger charge is -2.11. The number of carbonyl (C=O) groups excluding carboxylic acids is 1. The third-order valence-electron chi connectivity index (χ3n) is 2.71. The normalized spacial score (nSPS) is 10.1. The Hall–Kier alpha value is -2.50. The van der Waals surface area contributed by atoms with Crippen LogP contribution in [0, 0.1) is 6.92 Å². The Bertz CT molecular complexity index is 593. The van der Waals surface area contributed by atoms with E-state index in [4.69, 9.17) is 9.47 Å². The van der Waals surface area contributed by atoms with Crippen LogP contribution in [0.25, 0.3) is 0 Å². The molecular formula is C13H15N3O3. The van der Waals surface area contributed by atoms with Crippen molar-refractivity contribution in [1.82, 2.24) is 10.2 Å². The zero-order valence-corrected chi connectivity index (χ0v) is 11.0. The van der Waals surface area contributed by atoms with Crippen molar-refractivity contribution in [2.24, 2.45) is 0 Å². The van der Waals surface area contributed by atoms with Crippen molar-refractivity contribution in [3.8, 4) is 11.5 Å². The van der Waals surface area contributed by atoms with Crippen molar-refractivity contribution in [3.05, 3.63) is 35.7 Å². The number of nitrogens with zero attached hydrogens (tertiary/aromatic N) is 1. The van der Waals surface area contributed by atoms with E-state index >= 15 is 0 Å². The number of aromatic amines is 1. The van der Waals surface area contributed by atoms with Crippen LogP contribution in [0.5, 0.6) is 11.5 Å². The van der Waals surface area contributed by atoms with Crippen LogP contribution in [0.2, 0.25) is 0 Å². The third kappa shape index (κ3) is 2.67. The monoisotopic (exact) mass is 261 g/mol. The molecule has 0 unspecified atom stereocenters. The highest BCUT2D eigenvalue weighted by Gasteiger charge is 2.14. The van der Waals surface area contributed by atoms with Gasteiger partial charge in [-0.25, -0.2) is 0 Å². The van der Waals surface area contributed by atoms with E-state index in [9.17, 15) is 4.79 Å². The Labute approximate surface area is 110 Å². The van der Waals surface area contributed by atoms with Gasteiger partial charge in [0.25, 0.3) is 5.91 Å². The molecule has 1 aromatic carbocycles. The van der Waals surface area contributed by atoms with Gasteiger partial charge < -0.3 is 14.8 Å². The van der Waals surface area contributed by atoms with E-state index < -0.39 is 0 Å². The smallest absolute Gasteiger partial charge is 0.274 e. The second-order valence-corrected chi connectivity index (χ2v) is 3.95. The number of carbonyl (C=O) groups is 1. The Morgan fingerprint density at radius 2 is 2.11 bits per heavy atom. The summed E-state index contributed by atoms with van der Waals surface area (Å²) < 4.78 is 10.3. The summed E-state index contributed by atoms with van der Waals surface area (Å²) in [6, 6.07) is 5.19. The average Bonchev–Trinajstić information content (AvgIpc) is 2.85. The van der Waals surface area contributed by atoms with Gasteiger partial charge in [-0.15, -0.1) is 0 Å². The summed E-state index contributed by atoms with van der Waals surface area (Å²) in [5.41, 5.74) is 1.74. The number of nitrogens with one attached hydrogen (secondary N) is 2. The molecule has 0 atom stereocenters. The van der Waals surface area contributed by atoms with Crippen LogP contribution in [0.15, 0.2) is 24.4 Å². The Balaban J connectivity index is 2.27. The van der Waals surface area contributed by atoms with Gasteiger partial charge in [0.05, 0.1) is 26.1 Å². The highest BCUT2D eigenvalue weighted by atomic mass is 16.5. The predicted octanol–water partition coefficient (Wildman–Crippen LogP) is 1.99. The Morgan fingerprint density at radius 1 is 1.32 bits per heavy atom. The summed E-state index contributed by atoms with van der Waals surface area (Å²) in [6.07, 6.45) is 1.59. The van der Waals surface area contributed by atoms with Crippen LogP contribution in [0.3, 0.4) is 0 Å². The molecule has 6 heteroatoms. The number of H-pyrrole nitrogens is 1. The van der Waals surface area contributed by atoms with E-state index in [2.05, 4.69) is 15.5 Å². The quantitative estimate of drug-likeness (QED) is 0.882. The number of hydrogen-bond acceptors (Lipinski definition) is 4. The summed E-state index contributed by atoms with van der Waals surface area (Å²) in [5.74, 6) is 0.922. The van der Waals surface area contributed by atoms with Gasteiger partial charge in [-0.05, 0) is 24.6 Å². The molecule has 0 spiro atoms. The molecule has 1 heterocycles. The first-order valence-corrected chi connectivity index (χ1v) is 5.69. The standard InChI is InChI=1S/C13H15N3O3/c1-8-7-14-16-12(8)13(17)15-10-6-9(18-2)4-5-11(10)19-3/h4-7H,1-3H3,(H,14,16)(H,15,17). The molecule has 6 nitrogen and oxygen atoms in total. The van der Waals surface area contributed by atoms with Crippen molar-refractivity contribution in [1.29, 1.82) is 0 Å². The van der Waals surface area contributed by atoms with Gasteiger partial charge in [-0.2, -0.15) is 5.10 Å². The summed E-state index contributed by atoms with van der Waals surface area (Å²) in [6.45, 7) is 1.81. The third-order valence-corrected chi connectivity index (χ3v) is 2.71. The van der Waals surface area contributed by atoms with Crippen LogP contribution in [0.4, 0.5) is 5.69 Å². The largest absolute Gasteiger partial charge is 0.497 e. The van der Waals surface area contributed by atoms with Crippen molar-refractivity contribution in [2.45, 2.75) is 6.92 Å². The number of rotatable bonds is 4. The van der Waals surface area contributed by atoms with E-state index in [1.54, 1.807) is 45.5 Å². The second-order valence-electron chi connectivity index (χ2n) is 3.95. The summed E-state index contributed by atoms with van der Waals surface area (Å²) >= 11 is 0. The zero-order valence-electron chi connectivity index (χ0n) is 11.0. The fourth-order valence-corrected chi connectivity index (χ4v) is 1.67. The van der Waals surface area contributed by atoms with Gasteiger partial charge in [0.1, 0.15) is 17.2 Å². The number of hydrogen-bond donors (Lipinski definition) is 2. The highest BCUT2D eigenvalue weighted by Crippen LogP contribution is 2.29. The van der Waals surface area contributed by atoms with E-state index in [-0.39, 0.29) is 5.91 Å². The van der Waals surface area contributed by atoms with E-state index in [1.165, 1.54) is 0 Å². The van der Waals surface area contributed by atoms with Gasteiger partial charge in [0.2, 0.25) is 0 Å². The van der Waals surface area contributed by atoms with Crippen LogP contribution in [-0.2, 0) is 0 Å². The minimum Gasteiger partial charge on any atom is -0.497 e. The fourth-order valence-electron chi connectivity index (χ4n) is 1.67. The predicted molar refractivity (Wildman–Crippen MR) is 70.8 cm³/mol. The topological polar surface area (TPSA) is 76.2 Å². The molecule has 0 radical (unpaired) electrons. The molecule has 2 aromatic rings. The molecule has 1 amide bonds. The number of ether oxygens (including phenoxy) is 2. The van der Waals surface area contributed by atoms with Gasteiger partial charge in [-0.1, -0.05) is 0 Å². The maximum Gasteiger partial charge on any atom is 0.274 e. The lowest BCUT2D eigenvalue weighted by atomic mass is 10.2. The number of benzene rings is 1. The summed E-state index contributed by atoms with van der Waals surface area (Å²) in [7, 11) is 3.10. The average molecular weight is 261 g/mol. The van der Waals surface area contributed by atoms with Gasteiger partial charge in [0.15, 0.2) is 0 Å². The summed E-state index contributed by atoms with van der Waals surface area (Å²) in [5, 5.41) is 9.24. The number of anilines is 1. The number of aryl methyl sites for hydroxylation is 1. The molecule has 1 aromatic heterocycles. The minimum atomic E-state index is -0.276. The maximum absolute atomic E-state index is 12.1. The van der Waals surface area contributed by atoms with Crippen LogP contribution < -0.4 is 14.8 Å². The Morgan fingerprint density at radius 3 is 2.68 bits per heavy atom. The van der Waals surface area contributed by atoms with Gasteiger partial charge in [-0.3, -0.25) is 9.89 Å². The molecule has 0 saturated heterocycles. The second kappa shape index (κ2) is 5.43. The number of methoxy groups -OCH3 is 2. The van der Waals surface area contributed by atoms with Crippen LogP contribution in [-0.4, -0.2) is 30.3 Å². The van der Waals surface area contributed by atoms with Crippen molar-refractivity contribution in [2.75, 3.05) is 19.5 Å². The Kier molecular flexibility index (Phi) is 3.70. The molecule has 100 valence electrons. The first kappa shape index (κ1) is 12.9. The maximum atomic E-state index is 12.1. The van der Waals surface area contributed by atoms with Crippen LogP contribution in [0.1, 0.15) is 16.1 Å². The molecule has 2 rings (SSSR count). The molecule has 2 N–H and O–H groups in total. The SMILES string of the molecule is COc1ccc(OC)c(NC(=O)c2[nH]ncc2C)c1. The highest BCUT2D eigenvalue weighted by molar-refractivity contribution is 6.04. The molecule has 0 aliphatic carbocycles. The van der Waals surface area contributed by atoms with E-state index in [0.717, 1.165) is 5.56 Å². The molecular weight excluding hydrogens is 246 g/mol. The van der Waals surface area contributed by atoms with E-state index in [0.29, 0.717) is 22.9 Å². The molecule has 0 aliphatic rings. The zero-order chi connectivity index (χ0) is 13.8. The lowest BCUT2D eigenvalue weighted by molar-refractivity contribution is 0.102. The first-order valence-electron chi connectivity index (χ1n) is 5.69. The molecule has 19 heavy (non-hydrogen) atoms. The van der Waals surface area contributed by atoms with Gasteiger partial charge in [0, 0.05) is 6.07 Å². The number of amides is 1.